The Kier molecular flexibility index (Phi) is 6.20. The average molecular weight is 355 g/mol. The van der Waals surface area contributed by atoms with E-state index in [1.54, 1.807) is 4.90 Å². The molecule has 8 heteroatoms. The van der Waals surface area contributed by atoms with E-state index in [0.29, 0.717) is 38.3 Å². The lowest BCUT2D eigenvalue weighted by Crippen LogP contribution is -2.43. The second kappa shape index (κ2) is 7.96. The van der Waals surface area contributed by atoms with Crippen LogP contribution in [-0.2, 0) is 15.0 Å². The molecule has 2 rings (SSSR count). The fourth-order valence-corrected chi connectivity index (χ4v) is 3.61. The Morgan fingerprint density at radius 2 is 1.79 bits per heavy atom. The molecule has 0 N–H and O–H groups in total. The van der Waals surface area contributed by atoms with E-state index in [-0.39, 0.29) is 12.5 Å². The van der Waals surface area contributed by atoms with E-state index in [0.717, 1.165) is 5.56 Å². The highest BCUT2D eigenvalue weighted by Gasteiger charge is 2.28. The largest absolute Gasteiger partial charge is 0.484 e. The summed E-state index contributed by atoms with van der Waals surface area (Å²) in [7, 11) is -0.409. The van der Waals surface area contributed by atoms with Gasteiger partial charge in [-0.1, -0.05) is 17.7 Å². The van der Waals surface area contributed by atoms with Gasteiger partial charge in [0, 0.05) is 40.3 Å². The third-order valence-electron chi connectivity index (χ3n) is 3.98. The highest BCUT2D eigenvalue weighted by atomic mass is 32.2. The van der Waals surface area contributed by atoms with Crippen molar-refractivity contribution in [3.05, 3.63) is 29.8 Å². The van der Waals surface area contributed by atoms with Crippen molar-refractivity contribution >= 4 is 16.1 Å². The van der Waals surface area contributed by atoms with E-state index in [2.05, 4.69) is 0 Å². The molecule has 1 fully saturated rings. The summed E-state index contributed by atoms with van der Waals surface area (Å²) >= 11 is 0. The number of benzene rings is 1. The lowest BCUT2D eigenvalue weighted by atomic mass is 10.2. The van der Waals surface area contributed by atoms with Crippen LogP contribution in [0.1, 0.15) is 12.0 Å². The van der Waals surface area contributed by atoms with Gasteiger partial charge in [-0.3, -0.25) is 4.79 Å². The molecule has 1 aliphatic heterocycles. The highest BCUT2D eigenvalue weighted by Crippen LogP contribution is 2.13. The smallest absolute Gasteiger partial charge is 0.281 e. The molecule has 1 saturated heterocycles. The van der Waals surface area contributed by atoms with E-state index < -0.39 is 10.2 Å². The zero-order valence-electron chi connectivity index (χ0n) is 14.4. The van der Waals surface area contributed by atoms with Crippen LogP contribution in [0.5, 0.6) is 5.75 Å². The lowest BCUT2D eigenvalue weighted by molar-refractivity contribution is -0.133. The van der Waals surface area contributed by atoms with Crippen molar-refractivity contribution in [1.82, 2.24) is 13.5 Å². The quantitative estimate of drug-likeness (QED) is 0.780. The van der Waals surface area contributed by atoms with Gasteiger partial charge in [0.1, 0.15) is 5.75 Å². The first-order valence-electron chi connectivity index (χ1n) is 7.95. The molecular formula is C16H25N3O4S. The molecule has 0 bridgehead atoms. The summed E-state index contributed by atoms with van der Waals surface area (Å²) in [6.07, 6.45) is 0.614. The van der Waals surface area contributed by atoms with Gasteiger partial charge in [-0.25, -0.2) is 0 Å². The molecule has 1 amide bonds. The Bertz CT molecular complexity index is 658. The minimum Gasteiger partial charge on any atom is -0.484 e. The Morgan fingerprint density at radius 1 is 1.12 bits per heavy atom. The van der Waals surface area contributed by atoms with Crippen LogP contribution in [0, 0.1) is 6.92 Å². The molecule has 0 radical (unpaired) electrons. The van der Waals surface area contributed by atoms with Gasteiger partial charge in [0.25, 0.3) is 16.1 Å². The molecule has 0 atom stereocenters. The van der Waals surface area contributed by atoms with Crippen LogP contribution in [0.4, 0.5) is 0 Å². The van der Waals surface area contributed by atoms with Crippen molar-refractivity contribution in [2.75, 3.05) is 46.9 Å². The van der Waals surface area contributed by atoms with Crippen LogP contribution in [0.25, 0.3) is 0 Å². The summed E-state index contributed by atoms with van der Waals surface area (Å²) in [6, 6.07) is 7.51. The topological polar surface area (TPSA) is 70.2 Å². The number of hydrogen-bond donors (Lipinski definition) is 0. The maximum Gasteiger partial charge on any atom is 0.281 e. The molecule has 0 aliphatic carbocycles. The molecule has 1 aliphatic rings. The van der Waals surface area contributed by atoms with E-state index in [4.69, 9.17) is 4.74 Å². The molecule has 0 unspecified atom stereocenters. The van der Waals surface area contributed by atoms with Crippen molar-refractivity contribution < 1.29 is 17.9 Å². The molecule has 7 nitrogen and oxygen atoms in total. The third-order valence-corrected chi connectivity index (χ3v) is 5.92. The zero-order chi connectivity index (χ0) is 17.7. The first-order chi connectivity index (χ1) is 11.3. The summed E-state index contributed by atoms with van der Waals surface area (Å²) in [4.78, 5) is 14.0. The van der Waals surface area contributed by atoms with E-state index >= 15 is 0 Å². The standard InChI is InChI=1S/C16H25N3O4S/c1-14-5-7-15(8-6-14)23-13-16(20)18-9-4-10-19(12-11-18)24(21,22)17(2)3/h5-8H,4,9-13H2,1-3H3. The van der Waals surface area contributed by atoms with E-state index in [1.165, 1.54) is 22.7 Å². The van der Waals surface area contributed by atoms with Gasteiger partial charge in [0.15, 0.2) is 6.61 Å². The van der Waals surface area contributed by atoms with Gasteiger partial charge in [-0.2, -0.15) is 17.0 Å². The van der Waals surface area contributed by atoms with Crippen molar-refractivity contribution in [2.24, 2.45) is 0 Å². The van der Waals surface area contributed by atoms with Gasteiger partial charge in [-0.15, -0.1) is 0 Å². The number of carbonyl (C=O) groups excluding carboxylic acids is 1. The van der Waals surface area contributed by atoms with Crippen LogP contribution in [0.3, 0.4) is 0 Å². The minimum absolute atomic E-state index is 0.0382. The predicted octanol–water partition coefficient (Wildman–Crippen LogP) is 0.715. The Morgan fingerprint density at radius 3 is 2.42 bits per heavy atom. The van der Waals surface area contributed by atoms with Gasteiger partial charge < -0.3 is 9.64 Å². The number of hydrogen-bond acceptors (Lipinski definition) is 4. The molecule has 1 heterocycles. The average Bonchev–Trinajstić information content (AvgIpc) is 2.80. The Balaban J connectivity index is 1.89. The maximum absolute atomic E-state index is 12.3. The van der Waals surface area contributed by atoms with Crippen molar-refractivity contribution in [1.29, 1.82) is 0 Å². The fourth-order valence-electron chi connectivity index (χ4n) is 2.48. The molecular weight excluding hydrogens is 330 g/mol. The summed E-state index contributed by atoms with van der Waals surface area (Å²) in [5.74, 6) is 0.528. The molecule has 0 aromatic heterocycles. The summed E-state index contributed by atoms with van der Waals surface area (Å²) in [5, 5.41) is 0. The molecule has 0 saturated carbocycles. The molecule has 1 aromatic carbocycles. The number of carbonyl (C=O) groups is 1. The summed E-state index contributed by atoms with van der Waals surface area (Å²) < 4.78 is 32.5. The van der Waals surface area contributed by atoms with E-state index in [1.807, 2.05) is 31.2 Å². The van der Waals surface area contributed by atoms with Gasteiger partial charge in [-0.05, 0) is 25.5 Å². The normalized spacial score (nSPS) is 16.9. The lowest BCUT2D eigenvalue weighted by Gasteiger charge is -2.24. The zero-order valence-corrected chi connectivity index (χ0v) is 15.3. The minimum atomic E-state index is -3.43. The van der Waals surface area contributed by atoms with E-state index in [9.17, 15) is 13.2 Å². The number of aryl methyl sites for hydroxylation is 1. The second-order valence-corrected chi connectivity index (χ2v) is 8.17. The molecule has 24 heavy (non-hydrogen) atoms. The monoisotopic (exact) mass is 355 g/mol. The third kappa shape index (κ3) is 4.68. The van der Waals surface area contributed by atoms with Crippen molar-refractivity contribution in [3.8, 4) is 5.75 Å². The van der Waals surface area contributed by atoms with Gasteiger partial charge in [0.2, 0.25) is 0 Å². The fraction of sp³-hybridized carbons (Fsp3) is 0.562. The maximum atomic E-state index is 12.3. The highest BCUT2D eigenvalue weighted by molar-refractivity contribution is 7.86. The number of amides is 1. The second-order valence-electron chi connectivity index (χ2n) is 6.03. The first-order valence-corrected chi connectivity index (χ1v) is 9.35. The van der Waals surface area contributed by atoms with Crippen molar-refractivity contribution in [2.45, 2.75) is 13.3 Å². The van der Waals surface area contributed by atoms with Crippen LogP contribution < -0.4 is 4.74 Å². The summed E-state index contributed by atoms with van der Waals surface area (Å²) in [5.41, 5.74) is 1.13. The van der Waals surface area contributed by atoms with Crippen LogP contribution in [-0.4, -0.2) is 74.7 Å². The Labute approximate surface area is 144 Å². The van der Waals surface area contributed by atoms with Gasteiger partial charge in [0.05, 0.1) is 0 Å². The molecule has 134 valence electrons. The van der Waals surface area contributed by atoms with Gasteiger partial charge >= 0.3 is 0 Å². The Hall–Kier alpha value is -1.64. The van der Waals surface area contributed by atoms with Crippen LogP contribution in [0.15, 0.2) is 24.3 Å². The molecule has 1 aromatic rings. The SMILES string of the molecule is Cc1ccc(OCC(=O)N2CCCN(S(=O)(=O)N(C)C)CC2)cc1. The first kappa shape index (κ1) is 18.7. The number of ether oxygens (including phenoxy) is 1. The van der Waals surface area contributed by atoms with Crippen LogP contribution >= 0.6 is 0 Å². The summed E-state index contributed by atoms with van der Waals surface area (Å²) in [6.45, 7) is 3.59. The number of nitrogens with zero attached hydrogens (tertiary/aromatic N) is 3. The van der Waals surface area contributed by atoms with Crippen molar-refractivity contribution in [3.63, 3.8) is 0 Å². The number of rotatable bonds is 5. The predicted molar refractivity (Wildman–Crippen MR) is 92.1 cm³/mol. The van der Waals surface area contributed by atoms with Crippen LogP contribution in [0.2, 0.25) is 0 Å². The molecule has 0 spiro atoms.